The Morgan fingerprint density at radius 3 is 2.87 bits per heavy atom. The molecule has 1 aromatic heterocycles. The van der Waals surface area contributed by atoms with E-state index < -0.39 is 11.9 Å². The van der Waals surface area contributed by atoms with Crippen molar-refractivity contribution in [2.75, 3.05) is 12.9 Å². The fourth-order valence-electron chi connectivity index (χ4n) is 0.756. The maximum atomic E-state index is 11.1. The smallest absolute Gasteiger partial charge is 0.358 e. The van der Waals surface area contributed by atoms with Crippen molar-refractivity contribution in [1.29, 1.82) is 0 Å². The molecule has 1 aromatic rings. The molecule has 0 amide bonds. The molecule has 0 saturated carbocycles. The van der Waals surface area contributed by atoms with Crippen LogP contribution in [0.3, 0.4) is 0 Å². The average Bonchev–Trinajstić information content (AvgIpc) is 2.25. The van der Waals surface area contributed by atoms with Gasteiger partial charge >= 0.3 is 11.9 Å². The zero-order valence-electron chi connectivity index (χ0n) is 7.84. The van der Waals surface area contributed by atoms with Gasteiger partial charge < -0.3 is 9.84 Å². The summed E-state index contributed by atoms with van der Waals surface area (Å²) in [7, 11) is 1.24. The molecule has 15 heavy (non-hydrogen) atoms. The first-order valence-corrected chi connectivity index (χ1v) is 4.87. The Morgan fingerprint density at radius 1 is 1.53 bits per heavy atom. The number of aliphatic carboxylic acids is 1. The number of nitrogens with zero attached hydrogens (tertiary/aromatic N) is 2. The van der Waals surface area contributed by atoms with Gasteiger partial charge in [0.25, 0.3) is 0 Å². The number of ether oxygens (including phenoxy) is 1. The van der Waals surface area contributed by atoms with Crippen LogP contribution in [-0.2, 0) is 9.53 Å². The van der Waals surface area contributed by atoms with Crippen molar-refractivity contribution in [3.63, 3.8) is 0 Å². The zero-order valence-corrected chi connectivity index (χ0v) is 8.65. The largest absolute Gasteiger partial charge is 0.481 e. The van der Waals surface area contributed by atoms with E-state index >= 15 is 0 Å². The third-order valence-corrected chi connectivity index (χ3v) is 2.23. The summed E-state index contributed by atoms with van der Waals surface area (Å²) in [6.45, 7) is 0. The zero-order chi connectivity index (χ0) is 11.3. The molecule has 0 aliphatic heterocycles. The molecule has 6 nitrogen and oxygen atoms in total. The molecular weight excluding hydrogens is 220 g/mol. The fraction of sp³-hybridized carbons (Fsp3) is 0.250. The highest BCUT2D eigenvalue weighted by atomic mass is 32.2. The SMILES string of the molecule is COC(=O)c1cncc(SCC(=O)O)n1. The molecule has 0 aliphatic carbocycles. The summed E-state index contributed by atoms with van der Waals surface area (Å²) in [5, 5.41) is 8.81. The summed E-state index contributed by atoms with van der Waals surface area (Å²) in [5.41, 5.74) is 0.0629. The topological polar surface area (TPSA) is 89.4 Å². The minimum Gasteiger partial charge on any atom is -0.481 e. The highest BCUT2D eigenvalue weighted by Crippen LogP contribution is 2.13. The van der Waals surface area contributed by atoms with Crippen molar-refractivity contribution in [3.05, 3.63) is 18.1 Å². The highest BCUT2D eigenvalue weighted by Gasteiger charge is 2.09. The highest BCUT2D eigenvalue weighted by molar-refractivity contribution is 7.99. The Kier molecular flexibility index (Phi) is 4.04. The van der Waals surface area contributed by atoms with Gasteiger partial charge in [0.15, 0.2) is 5.69 Å². The minimum atomic E-state index is -0.953. The number of carboxylic acids is 1. The molecule has 7 heteroatoms. The molecule has 0 radical (unpaired) electrons. The van der Waals surface area contributed by atoms with E-state index in [1.54, 1.807) is 0 Å². The van der Waals surface area contributed by atoms with Crippen LogP contribution in [0.15, 0.2) is 17.4 Å². The van der Waals surface area contributed by atoms with Gasteiger partial charge in [0.2, 0.25) is 0 Å². The number of hydrogen-bond donors (Lipinski definition) is 1. The summed E-state index contributed by atoms with van der Waals surface area (Å²) in [4.78, 5) is 29.0. The first-order chi connectivity index (χ1) is 7.13. The lowest BCUT2D eigenvalue weighted by atomic mass is 10.5. The first-order valence-electron chi connectivity index (χ1n) is 3.88. The number of methoxy groups -OCH3 is 1. The number of carbonyl (C=O) groups excluding carboxylic acids is 1. The number of carboxylic acid groups (broad SMARTS) is 1. The molecule has 1 rings (SSSR count). The molecule has 0 saturated heterocycles. The number of thioether (sulfide) groups is 1. The molecule has 1 heterocycles. The Bertz CT molecular complexity index is 383. The van der Waals surface area contributed by atoms with Crippen LogP contribution in [0.2, 0.25) is 0 Å². The quantitative estimate of drug-likeness (QED) is 0.590. The monoisotopic (exact) mass is 228 g/mol. The summed E-state index contributed by atoms with van der Waals surface area (Å²) >= 11 is 0.990. The summed E-state index contributed by atoms with van der Waals surface area (Å²) < 4.78 is 4.45. The van der Waals surface area contributed by atoms with E-state index in [-0.39, 0.29) is 11.4 Å². The normalized spacial score (nSPS) is 9.67. The van der Waals surface area contributed by atoms with Crippen LogP contribution in [0.4, 0.5) is 0 Å². The predicted octanol–water partition coefficient (Wildman–Crippen LogP) is 0.440. The van der Waals surface area contributed by atoms with Crippen LogP contribution in [0.1, 0.15) is 10.5 Å². The van der Waals surface area contributed by atoms with Crippen LogP contribution in [0.5, 0.6) is 0 Å². The fourth-order valence-corrected chi connectivity index (χ4v) is 1.33. The van der Waals surface area contributed by atoms with Gasteiger partial charge in [-0.25, -0.2) is 9.78 Å². The van der Waals surface area contributed by atoms with Crippen LogP contribution >= 0.6 is 11.8 Å². The van der Waals surface area contributed by atoms with E-state index in [1.165, 1.54) is 19.5 Å². The second kappa shape index (κ2) is 5.30. The number of aromatic nitrogens is 2. The van der Waals surface area contributed by atoms with E-state index in [0.29, 0.717) is 5.03 Å². The minimum absolute atomic E-state index is 0.0629. The molecule has 1 N–H and O–H groups in total. The maximum absolute atomic E-state index is 11.1. The lowest BCUT2D eigenvalue weighted by Crippen LogP contribution is -2.06. The van der Waals surface area contributed by atoms with Gasteiger partial charge in [-0.15, -0.1) is 0 Å². The van der Waals surface area contributed by atoms with Gasteiger partial charge in [0.05, 0.1) is 25.3 Å². The Hall–Kier alpha value is -1.63. The van der Waals surface area contributed by atoms with Gasteiger partial charge in [-0.05, 0) is 0 Å². The molecule has 0 unspecified atom stereocenters. The predicted molar refractivity (Wildman–Crippen MR) is 51.7 cm³/mol. The summed E-state index contributed by atoms with van der Waals surface area (Å²) in [6.07, 6.45) is 2.65. The van der Waals surface area contributed by atoms with Gasteiger partial charge in [0, 0.05) is 0 Å². The number of rotatable bonds is 4. The third-order valence-electron chi connectivity index (χ3n) is 1.35. The first kappa shape index (κ1) is 11.4. The molecule has 0 fully saturated rings. The van der Waals surface area contributed by atoms with Crippen LogP contribution in [0, 0.1) is 0 Å². The molecular formula is C8H8N2O4S. The Morgan fingerprint density at radius 2 is 2.27 bits per heavy atom. The second-order valence-corrected chi connectivity index (χ2v) is 3.41. The van der Waals surface area contributed by atoms with Crippen LogP contribution in [0.25, 0.3) is 0 Å². The molecule has 0 bridgehead atoms. The second-order valence-electron chi connectivity index (χ2n) is 2.42. The lowest BCUT2D eigenvalue weighted by Gasteiger charge is -2.00. The van der Waals surface area contributed by atoms with Crippen molar-refractivity contribution in [2.45, 2.75) is 5.03 Å². The molecule has 0 aromatic carbocycles. The van der Waals surface area contributed by atoms with Crippen LogP contribution in [-0.4, -0.2) is 39.9 Å². The van der Waals surface area contributed by atoms with E-state index in [4.69, 9.17) is 5.11 Å². The Balaban J connectivity index is 2.74. The number of hydrogen-bond acceptors (Lipinski definition) is 6. The lowest BCUT2D eigenvalue weighted by molar-refractivity contribution is -0.133. The third kappa shape index (κ3) is 3.55. The molecule has 0 atom stereocenters. The van der Waals surface area contributed by atoms with Crippen LogP contribution < -0.4 is 0 Å². The van der Waals surface area contributed by atoms with Crippen molar-refractivity contribution in [1.82, 2.24) is 9.97 Å². The molecule has 80 valence electrons. The van der Waals surface area contributed by atoms with E-state index in [9.17, 15) is 9.59 Å². The van der Waals surface area contributed by atoms with Crippen molar-refractivity contribution < 1.29 is 19.4 Å². The van der Waals surface area contributed by atoms with E-state index in [1.807, 2.05) is 0 Å². The standard InChI is InChI=1S/C8H8N2O4S/c1-14-8(13)5-2-9-3-6(10-5)15-4-7(11)12/h2-3H,4H2,1H3,(H,11,12). The maximum Gasteiger partial charge on any atom is 0.358 e. The molecule has 0 spiro atoms. The Labute approximate surface area is 89.7 Å². The van der Waals surface area contributed by atoms with Crippen molar-refractivity contribution in [3.8, 4) is 0 Å². The summed E-state index contributed by atoms with van der Waals surface area (Å²) in [6, 6.07) is 0. The van der Waals surface area contributed by atoms with E-state index in [0.717, 1.165) is 11.8 Å². The van der Waals surface area contributed by atoms with Gasteiger partial charge in [-0.1, -0.05) is 11.8 Å². The van der Waals surface area contributed by atoms with Gasteiger partial charge in [-0.3, -0.25) is 9.78 Å². The van der Waals surface area contributed by atoms with Crippen molar-refractivity contribution >= 4 is 23.7 Å². The van der Waals surface area contributed by atoms with Gasteiger partial charge in [-0.2, -0.15) is 0 Å². The van der Waals surface area contributed by atoms with E-state index in [2.05, 4.69) is 14.7 Å². The number of carbonyl (C=O) groups is 2. The summed E-state index contributed by atoms with van der Waals surface area (Å²) in [5.74, 6) is -1.68. The van der Waals surface area contributed by atoms with Gasteiger partial charge in [0.1, 0.15) is 5.03 Å². The van der Waals surface area contributed by atoms with Crippen molar-refractivity contribution in [2.24, 2.45) is 0 Å². The number of esters is 1. The molecule has 0 aliphatic rings. The average molecular weight is 228 g/mol.